The van der Waals surface area contributed by atoms with Crippen molar-refractivity contribution in [1.82, 2.24) is 25.4 Å². The highest BCUT2D eigenvalue weighted by atomic mass is 16.1. The summed E-state index contributed by atoms with van der Waals surface area (Å²) in [5.74, 6) is -0.285. The lowest BCUT2D eigenvalue weighted by Gasteiger charge is -2.14. The van der Waals surface area contributed by atoms with Gasteiger partial charge in [0.1, 0.15) is 0 Å². The van der Waals surface area contributed by atoms with Crippen molar-refractivity contribution < 1.29 is 4.79 Å². The molecular weight excluding hydrogens is 388 g/mol. The molecule has 0 aliphatic carbocycles. The summed E-state index contributed by atoms with van der Waals surface area (Å²) in [7, 11) is 0. The monoisotopic (exact) mass is 414 g/mol. The SMILES string of the molecule is C=C/C=N\C=C(/C)NC(=O)c1n[nH]c2ccc(-c3cncc(CN4CCCC4)c3)cc12. The highest BCUT2D eigenvalue weighted by molar-refractivity contribution is 6.06. The molecule has 4 rings (SSSR count). The maximum Gasteiger partial charge on any atom is 0.276 e. The number of nitrogens with zero attached hydrogens (tertiary/aromatic N) is 4. The highest BCUT2D eigenvalue weighted by Crippen LogP contribution is 2.26. The van der Waals surface area contributed by atoms with Crippen molar-refractivity contribution >= 4 is 23.0 Å². The maximum atomic E-state index is 12.7. The smallest absolute Gasteiger partial charge is 0.276 e. The van der Waals surface area contributed by atoms with Crippen molar-refractivity contribution in [3.05, 3.63) is 72.5 Å². The van der Waals surface area contributed by atoms with Crippen LogP contribution in [0.15, 0.2) is 66.2 Å². The molecule has 0 atom stereocenters. The fraction of sp³-hybridized carbons (Fsp3) is 0.250. The zero-order chi connectivity index (χ0) is 21.6. The number of nitrogens with one attached hydrogen (secondary N) is 2. The standard InChI is InChI=1S/C24H26N6O/c1-3-8-25-13-17(2)27-24(31)23-21-12-19(6-7-22(21)28-29-23)20-11-18(14-26-15-20)16-30-9-4-5-10-30/h3,6-8,11-15H,1,4-5,9-10,16H2,2H3,(H,27,31)(H,28,29)/b17-13+,25-8-. The maximum absolute atomic E-state index is 12.7. The number of aliphatic imine (C=N–C) groups is 1. The summed E-state index contributed by atoms with van der Waals surface area (Å²) in [6.07, 6.45) is 11.0. The number of benzene rings is 1. The second-order valence-corrected chi connectivity index (χ2v) is 7.70. The van der Waals surface area contributed by atoms with Gasteiger partial charge in [-0.3, -0.25) is 24.8 Å². The Hall–Kier alpha value is -3.58. The number of fused-ring (bicyclic) bond motifs is 1. The summed E-state index contributed by atoms with van der Waals surface area (Å²) in [6, 6.07) is 8.13. The third-order valence-corrected chi connectivity index (χ3v) is 5.28. The summed E-state index contributed by atoms with van der Waals surface area (Å²) in [5.41, 5.74) is 5.00. The van der Waals surface area contributed by atoms with E-state index in [2.05, 4.69) is 43.0 Å². The van der Waals surface area contributed by atoms with Gasteiger partial charge in [-0.2, -0.15) is 5.10 Å². The second-order valence-electron chi connectivity index (χ2n) is 7.70. The van der Waals surface area contributed by atoms with Gasteiger partial charge in [-0.1, -0.05) is 18.7 Å². The Balaban J connectivity index is 1.58. The number of aromatic nitrogens is 3. The normalized spacial score (nSPS) is 15.1. The average Bonchev–Trinajstić information content (AvgIpc) is 3.43. The summed E-state index contributed by atoms with van der Waals surface area (Å²) >= 11 is 0. The Bertz CT molecular complexity index is 1150. The molecule has 1 aliphatic rings. The first kappa shape index (κ1) is 20.7. The lowest BCUT2D eigenvalue weighted by atomic mass is 10.0. The Morgan fingerprint density at radius 1 is 1.26 bits per heavy atom. The number of hydrogen-bond acceptors (Lipinski definition) is 5. The van der Waals surface area contributed by atoms with E-state index >= 15 is 0 Å². The molecule has 7 nitrogen and oxygen atoms in total. The molecule has 1 aromatic carbocycles. The summed E-state index contributed by atoms with van der Waals surface area (Å²) in [5, 5.41) is 10.7. The molecule has 2 N–H and O–H groups in total. The van der Waals surface area contributed by atoms with Crippen molar-refractivity contribution in [2.75, 3.05) is 13.1 Å². The molecule has 7 heteroatoms. The minimum atomic E-state index is -0.285. The van der Waals surface area contributed by atoms with E-state index in [9.17, 15) is 4.79 Å². The number of rotatable bonds is 7. The highest BCUT2D eigenvalue weighted by Gasteiger charge is 2.16. The quantitative estimate of drug-likeness (QED) is 0.571. The predicted molar refractivity (Wildman–Crippen MR) is 124 cm³/mol. The number of H-pyrrole nitrogens is 1. The van der Waals surface area contributed by atoms with E-state index in [4.69, 9.17) is 0 Å². The van der Waals surface area contributed by atoms with Gasteiger partial charge in [-0.25, -0.2) is 0 Å². The Labute approximate surface area is 181 Å². The van der Waals surface area contributed by atoms with Gasteiger partial charge >= 0.3 is 0 Å². The fourth-order valence-electron chi connectivity index (χ4n) is 3.78. The number of hydrogen-bond donors (Lipinski definition) is 2. The molecule has 1 amide bonds. The average molecular weight is 415 g/mol. The number of allylic oxidation sites excluding steroid dienone is 2. The van der Waals surface area contributed by atoms with Crippen LogP contribution in [0.3, 0.4) is 0 Å². The molecule has 1 saturated heterocycles. The number of carbonyl (C=O) groups is 1. The number of amides is 1. The van der Waals surface area contributed by atoms with Gasteiger partial charge in [0.2, 0.25) is 0 Å². The number of carbonyl (C=O) groups excluding carboxylic acids is 1. The van der Waals surface area contributed by atoms with Crippen LogP contribution >= 0.6 is 0 Å². The van der Waals surface area contributed by atoms with Gasteiger partial charge in [0.25, 0.3) is 5.91 Å². The Morgan fingerprint density at radius 3 is 2.90 bits per heavy atom. The second kappa shape index (κ2) is 9.49. The van der Waals surface area contributed by atoms with Gasteiger partial charge in [0.05, 0.1) is 5.52 Å². The Morgan fingerprint density at radius 2 is 2.10 bits per heavy atom. The lowest BCUT2D eigenvalue weighted by molar-refractivity contribution is 0.0962. The molecule has 31 heavy (non-hydrogen) atoms. The van der Waals surface area contributed by atoms with E-state index < -0.39 is 0 Å². The van der Waals surface area contributed by atoms with Crippen LogP contribution in [0.4, 0.5) is 0 Å². The molecular formula is C24H26N6O. The number of pyridine rings is 1. The van der Waals surface area contributed by atoms with E-state index in [-0.39, 0.29) is 5.91 Å². The van der Waals surface area contributed by atoms with E-state index in [0.29, 0.717) is 11.4 Å². The Kier molecular flexibility index (Phi) is 6.33. The zero-order valence-electron chi connectivity index (χ0n) is 17.6. The molecule has 0 bridgehead atoms. The van der Waals surface area contributed by atoms with Gasteiger partial charge in [-0.05, 0) is 62.2 Å². The van der Waals surface area contributed by atoms with Gasteiger partial charge in [0.15, 0.2) is 5.69 Å². The van der Waals surface area contributed by atoms with Crippen LogP contribution in [0.1, 0.15) is 35.8 Å². The van der Waals surface area contributed by atoms with Gasteiger partial charge < -0.3 is 5.32 Å². The predicted octanol–water partition coefficient (Wildman–Crippen LogP) is 4.07. The minimum absolute atomic E-state index is 0.285. The molecule has 3 aromatic rings. The van der Waals surface area contributed by atoms with Crippen LogP contribution in [0, 0.1) is 0 Å². The summed E-state index contributed by atoms with van der Waals surface area (Å²) in [4.78, 5) is 23.7. The van der Waals surface area contributed by atoms with Crippen molar-refractivity contribution in [2.24, 2.45) is 4.99 Å². The van der Waals surface area contributed by atoms with Crippen LogP contribution in [-0.4, -0.2) is 45.3 Å². The van der Waals surface area contributed by atoms with Crippen LogP contribution < -0.4 is 5.32 Å². The molecule has 158 valence electrons. The van der Waals surface area contributed by atoms with Crippen molar-refractivity contribution in [2.45, 2.75) is 26.3 Å². The summed E-state index contributed by atoms with van der Waals surface area (Å²) < 4.78 is 0. The van der Waals surface area contributed by atoms with Crippen LogP contribution in [0.25, 0.3) is 22.0 Å². The van der Waals surface area contributed by atoms with Crippen molar-refractivity contribution in [3.8, 4) is 11.1 Å². The molecule has 0 saturated carbocycles. The number of aromatic amines is 1. The van der Waals surface area contributed by atoms with E-state index in [1.807, 2.05) is 30.6 Å². The summed E-state index contributed by atoms with van der Waals surface area (Å²) in [6.45, 7) is 8.56. The molecule has 0 spiro atoms. The van der Waals surface area contributed by atoms with E-state index in [0.717, 1.165) is 41.7 Å². The van der Waals surface area contributed by atoms with Gasteiger partial charge in [-0.15, -0.1) is 0 Å². The molecule has 0 unspecified atom stereocenters. The third-order valence-electron chi connectivity index (χ3n) is 5.28. The van der Waals surface area contributed by atoms with Crippen LogP contribution in [-0.2, 0) is 6.54 Å². The number of likely N-dealkylation sites (tertiary alicyclic amines) is 1. The van der Waals surface area contributed by atoms with E-state index in [1.54, 1.807) is 25.4 Å². The van der Waals surface area contributed by atoms with Gasteiger partial charge in [0, 0.05) is 48.0 Å². The van der Waals surface area contributed by atoms with E-state index in [1.165, 1.54) is 18.4 Å². The first-order valence-corrected chi connectivity index (χ1v) is 10.4. The lowest BCUT2D eigenvalue weighted by Crippen LogP contribution is -2.21. The molecule has 3 heterocycles. The zero-order valence-corrected chi connectivity index (χ0v) is 17.6. The topological polar surface area (TPSA) is 86.3 Å². The van der Waals surface area contributed by atoms with Crippen LogP contribution in [0.2, 0.25) is 0 Å². The van der Waals surface area contributed by atoms with Crippen molar-refractivity contribution in [3.63, 3.8) is 0 Å². The fourth-order valence-corrected chi connectivity index (χ4v) is 3.78. The molecule has 2 aromatic heterocycles. The third kappa shape index (κ3) is 4.95. The molecule has 1 fully saturated rings. The van der Waals surface area contributed by atoms with Crippen LogP contribution in [0.5, 0.6) is 0 Å². The van der Waals surface area contributed by atoms with Crippen molar-refractivity contribution in [1.29, 1.82) is 0 Å². The molecule has 1 aliphatic heterocycles. The first-order chi connectivity index (χ1) is 15.1. The minimum Gasteiger partial charge on any atom is -0.323 e. The molecule has 0 radical (unpaired) electrons. The largest absolute Gasteiger partial charge is 0.323 e. The first-order valence-electron chi connectivity index (χ1n) is 10.4.